The molecule has 4 bridgehead atoms. The second kappa shape index (κ2) is 12.5. The molecule has 4 fully saturated rings. The second-order valence-corrected chi connectivity index (χ2v) is 9.56. The van der Waals surface area contributed by atoms with Gasteiger partial charge in [0.1, 0.15) is 0 Å². The van der Waals surface area contributed by atoms with E-state index in [2.05, 4.69) is 0 Å². The van der Waals surface area contributed by atoms with Crippen LogP contribution in [0.15, 0.2) is 0 Å². The van der Waals surface area contributed by atoms with E-state index in [9.17, 15) is 0 Å². The first-order valence-electron chi connectivity index (χ1n) is 7.08. The SMILES string of the molecule is CC(=O)O.CC(=O)O.[Cl][Pt+2][Cl].[NH-]C12CC3CC(CC(C3)C1)C2.[NH2-]. The van der Waals surface area contributed by atoms with Crippen molar-refractivity contribution in [1.29, 1.82) is 0 Å². The molecule has 0 aromatic heterocycles. The predicted molar refractivity (Wildman–Crippen MR) is 88.8 cm³/mol. The van der Waals surface area contributed by atoms with E-state index in [0.29, 0.717) is 0 Å². The minimum atomic E-state index is -0.833. The number of halogens is 2. The summed E-state index contributed by atoms with van der Waals surface area (Å²) in [6, 6.07) is 0. The Morgan fingerprint density at radius 3 is 1.26 bits per heavy atom. The summed E-state index contributed by atoms with van der Waals surface area (Å²) in [6.45, 7) is 2.17. The molecule has 0 unspecified atom stereocenters. The van der Waals surface area contributed by atoms with Crippen LogP contribution >= 0.6 is 18.8 Å². The Morgan fingerprint density at radius 1 is 0.957 bits per heavy atom. The van der Waals surface area contributed by atoms with E-state index in [-0.39, 0.29) is 11.7 Å². The van der Waals surface area contributed by atoms with Gasteiger partial charge in [-0.15, -0.1) is 5.54 Å². The van der Waals surface area contributed by atoms with Gasteiger partial charge in [0.05, 0.1) is 0 Å². The number of aliphatic carboxylic acids is 2. The summed E-state index contributed by atoms with van der Waals surface area (Å²) in [5, 5.41) is 14.8. The van der Waals surface area contributed by atoms with Crippen LogP contribution in [0, 0.1) is 17.8 Å². The monoisotopic (exact) mass is 551 g/mol. The van der Waals surface area contributed by atoms with Crippen molar-refractivity contribution in [1.82, 2.24) is 0 Å². The van der Waals surface area contributed by atoms with Crippen LogP contribution in [0.1, 0.15) is 52.4 Å². The third-order valence-electron chi connectivity index (χ3n) is 4.04. The van der Waals surface area contributed by atoms with Gasteiger partial charge in [-0.1, -0.05) is 19.3 Å². The molecule has 0 aromatic rings. The van der Waals surface area contributed by atoms with Crippen LogP contribution in [0.25, 0.3) is 11.9 Å². The van der Waals surface area contributed by atoms with Crippen LogP contribution < -0.4 is 0 Å². The zero-order chi connectivity index (χ0) is 17.3. The molecular formula is C14H26Cl2N2O4Pt. The van der Waals surface area contributed by atoms with Gasteiger partial charge >= 0.3 is 35.3 Å². The fourth-order valence-electron chi connectivity index (χ4n) is 4.11. The number of nitrogens with one attached hydrogen (secondary N) is 1. The molecule has 0 spiro atoms. The van der Waals surface area contributed by atoms with Gasteiger partial charge in [-0.2, -0.15) is 0 Å². The van der Waals surface area contributed by atoms with Gasteiger partial charge in [-0.3, -0.25) is 9.59 Å². The number of nitrogens with two attached hydrogens (primary N) is 1. The summed E-state index contributed by atoms with van der Waals surface area (Å²) >= 11 is -0.472. The molecule has 4 aliphatic rings. The summed E-state index contributed by atoms with van der Waals surface area (Å²) in [4.78, 5) is 18.0. The van der Waals surface area contributed by atoms with Crippen molar-refractivity contribution >= 4 is 30.8 Å². The van der Waals surface area contributed by atoms with Gasteiger partial charge in [0.2, 0.25) is 0 Å². The van der Waals surface area contributed by atoms with Crippen LogP contribution in [-0.2, 0) is 26.1 Å². The zero-order valence-corrected chi connectivity index (χ0v) is 17.1. The molecule has 4 saturated carbocycles. The van der Waals surface area contributed by atoms with Gasteiger partial charge in [0.25, 0.3) is 11.9 Å². The minimum Gasteiger partial charge on any atom is -0.693 e. The third kappa shape index (κ3) is 12.2. The molecule has 6 nitrogen and oxygen atoms in total. The van der Waals surface area contributed by atoms with Crippen molar-refractivity contribution in [2.45, 2.75) is 57.9 Å². The first-order valence-corrected chi connectivity index (χ1v) is 12.7. The minimum absolute atomic E-state index is 0. The smallest absolute Gasteiger partial charge is 0.0420 e. The number of carbonyl (C=O) groups is 2. The Morgan fingerprint density at radius 2 is 1.13 bits per heavy atom. The van der Waals surface area contributed by atoms with Gasteiger partial charge in [0, 0.05) is 13.8 Å². The summed E-state index contributed by atoms with van der Waals surface area (Å²) in [7, 11) is 9.75. The normalized spacial score (nSPS) is 32.0. The fourth-order valence-corrected chi connectivity index (χ4v) is 4.11. The summed E-state index contributed by atoms with van der Waals surface area (Å²) < 4.78 is 0. The first-order chi connectivity index (χ1) is 10.1. The number of hydrogen-bond donors (Lipinski definition) is 2. The number of rotatable bonds is 0. The maximum Gasteiger partial charge on any atom is -0.0420 e. The average Bonchev–Trinajstić information content (AvgIpc) is 2.23. The second-order valence-electron chi connectivity index (χ2n) is 6.28. The van der Waals surface area contributed by atoms with Crippen LogP contribution in [0.5, 0.6) is 0 Å². The number of hydrogen-bond acceptors (Lipinski definition) is 2. The van der Waals surface area contributed by atoms with E-state index >= 15 is 0 Å². The molecule has 0 saturated heterocycles. The Balaban J connectivity index is 0. The van der Waals surface area contributed by atoms with E-state index in [4.69, 9.17) is 44.4 Å². The van der Waals surface area contributed by atoms with Gasteiger partial charge in [0.15, 0.2) is 0 Å². The topological polar surface area (TPSA) is 132 Å². The zero-order valence-electron chi connectivity index (χ0n) is 13.3. The van der Waals surface area contributed by atoms with Crippen LogP contribution in [0.3, 0.4) is 0 Å². The van der Waals surface area contributed by atoms with Gasteiger partial charge < -0.3 is 22.1 Å². The number of carboxylic acids is 2. The van der Waals surface area contributed by atoms with Gasteiger partial charge in [-0.25, -0.2) is 0 Å². The third-order valence-corrected chi connectivity index (χ3v) is 4.04. The summed E-state index contributed by atoms with van der Waals surface area (Å²) in [5.74, 6) is 1.20. The van der Waals surface area contributed by atoms with E-state index in [1.165, 1.54) is 38.5 Å². The Kier molecular flexibility index (Phi) is 13.8. The van der Waals surface area contributed by atoms with Crippen molar-refractivity contribution in [3.05, 3.63) is 11.9 Å². The first kappa shape index (κ1) is 25.4. The summed E-state index contributed by atoms with van der Waals surface area (Å²) in [5.41, 5.74) is 8.26. The molecule has 23 heavy (non-hydrogen) atoms. The largest absolute Gasteiger partial charge is 0.693 e. The molecule has 0 radical (unpaired) electrons. The van der Waals surface area contributed by atoms with E-state index in [0.717, 1.165) is 31.6 Å². The Labute approximate surface area is 154 Å². The Bertz CT molecular complexity index is 317. The van der Waals surface area contributed by atoms with Gasteiger partial charge in [-0.05, 0) is 37.0 Å². The average molecular weight is 552 g/mol. The van der Waals surface area contributed by atoms with E-state index in [1.54, 1.807) is 0 Å². The fraction of sp³-hybridized carbons (Fsp3) is 0.857. The molecule has 5 N–H and O–H groups in total. The Hall–Kier alpha value is 0.128. The molecule has 0 atom stereocenters. The molecule has 140 valence electrons. The van der Waals surface area contributed by atoms with Crippen LogP contribution in [0.2, 0.25) is 0 Å². The van der Waals surface area contributed by atoms with Crippen molar-refractivity contribution in [3.8, 4) is 0 Å². The van der Waals surface area contributed by atoms with Crippen molar-refractivity contribution in [2.75, 3.05) is 0 Å². The molecule has 9 heteroatoms. The van der Waals surface area contributed by atoms with Crippen molar-refractivity contribution in [2.24, 2.45) is 17.8 Å². The number of carboxylic acid groups (broad SMARTS) is 2. The predicted octanol–water partition coefficient (Wildman–Crippen LogP) is 5.28. The molecule has 0 aromatic carbocycles. The van der Waals surface area contributed by atoms with Crippen molar-refractivity contribution in [3.63, 3.8) is 0 Å². The maximum absolute atomic E-state index is 9.00. The molecule has 0 amide bonds. The molecule has 4 aliphatic carbocycles. The van der Waals surface area contributed by atoms with Crippen molar-refractivity contribution < 1.29 is 36.3 Å². The van der Waals surface area contributed by atoms with Crippen LogP contribution in [-0.4, -0.2) is 27.7 Å². The maximum atomic E-state index is 9.00. The van der Waals surface area contributed by atoms with E-state index < -0.39 is 28.4 Å². The molecule has 4 rings (SSSR count). The molecule has 0 aliphatic heterocycles. The molecular weight excluding hydrogens is 526 g/mol. The summed E-state index contributed by atoms with van der Waals surface area (Å²) in [6.07, 6.45) is 8.12. The van der Waals surface area contributed by atoms with E-state index in [1.807, 2.05) is 0 Å². The standard InChI is InChI=1S/C10H16N.2C2H4O2.2ClH.H2N.Pt/c11-10-4-7-1-8(5-10)3-9(2-7)6-10;2*1-2(3)4;;;;/h7-9,11H,1-6H2;2*1H3,(H,3,4);2*1H;1H2;/q-1;;;;;-1;+4/p-2. The van der Waals surface area contributed by atoms with Crippen LogP contribution in [0.4, 0.5) is 0 Å². The quantitative estimate of drug-likeness (QED) is 0.423. The molecule has 0 heterocycles.